The number of allylic oxidation sites excluding steroid dienone is 1. The van der Waals surface area contributed by atoms with Gasteiger partial charge in [-0.2, -0.15) is 0 Å². The first-order chi connectivity index (χ1) is 17.5. The molecule has 7 nitrogen and oxygen atoms in total. The maximum absolute atomic E-state index is 13.6. The second-order valence-electron chi connectivity index (χ2n) is 13.1. The van der Waals surface area contributed by atoms with Gasteiger partial charge in [0.05, 0.1) is 23.7 Å². The number of ketones is 1. The third-order valence-corrected chi connectivity index (χ3v) is 11.9. The summed E-state index contributed by atoms with van der Waals surface area (Å²) in [7, 11) is 0. The first-order valence-electron chi connectivity index (χ1n) is 14.1. The maximum atomic E-state index is 13.6. The molecule has 1 saturated heterocycles. The van der Waals surface area contributed by atoms with E-state index in [0.29, 0.717) is 29.7 Å². The van der Waals surface area contributed by atoms with Crippen molar-refractivity contribution in [3.05, 3.63) is 23.3 Å². The Balaban J connectivity index is 1.27. The quantitative estimate of drug-likeness (QED) is 0.450. The molecule has 6 aliphatic rings. The molecule has 0 aromatic rings. The van der Waals surface area contributed by atoms with Gasteiger partial charge in [-0.15, -0.1) is 0 Å². The van der Waals surface area contributed by atoms with Crippen LogP contribution in [0.1, 0.15) is 73.1 Å². The van der Waals surface area contributed by atoms with E-state index in [-0.39, 0.29) is 53.8 Å². The van der Waals surface area contributed by atoms with Crippen LogP contribution in [0.3, 0.4) is 0 Å². The van der Waals surface area contributed by atoms with Gasteiger partial charge in [0.1, 0.15) is 11.7 Å². The van der Waals surface area contributed by atoms with Gasteiger partial charge in [0, 0.05) is 13.3 Å². The molecule has 0 aromatic heterocycles. The molecule has 1 N–H and O–H groups in total. The summed E-state index contributed by atoms with van der Waals surface area (Å²) in [6.07, 6.45) is 8.36. The van der Waals surface area contributed by atoms with E-state index in [4.69, 9.17) is 14.2 Å². The standard InChI is InChI=1S/C30H40O7/c1-15-12-23(36-27(34)19(15)14-31)16(2)20-6-7-21-18-13-26-30(37-26)25(35-17(3)32)9-8-24(33)29(30,5)22(18)10-11-28(20,21)4/h8-9,16,18,20-23,25-26,31H,6-7,10-14H2,1-5H3/t16-,18-,20+,21-,22-,23+,25-,26+,28+,29-,30+/m0/s1. The Morgan fingerprint density at radius 3 is 2.65 bits per heavy atom. The van der Waals surface area contributed by atoms with Crippen LogP contribution in [-0.4, -0.2) is 53.3 Å². The van der Waals surface area contributed by atoms with E-state index in [1.54, 1.807) is 12.2 Å². The molecule has 202 valence electrons. The predicted molar refractivity (Wildman–Crippen MR) is 134 cm³/mol. The van der Waals surface area contributed by atoms with Crippen LogP contribution >= 0.6 is 0 Å². The highest BCUT2D eigenvalue weighted by molar-refractivity contribution is 5.98. The van der Waals surface area contributed by atoms with Crippen molar-refractivity contribution in [2.45, 2.75) is 97.1 Å². The molecule has 37 heavy (non-hydrogen) atoms. The van der Waals surface area contributed by atoms with Crippen LogP contribution in [0, 0.1) is 40.4 Å². The van der Waals surface area contributed by atoms with Gasteiger partial charge in [0.15, 0.2) is 11.9 Å². The second-order valence-corrected chi connectivity index (χ2v) is 13.1. The zero-order chi connectivity index (χ0) is 26.5. The average molecular weight is 513 g/mol. The van der Waals surface area contributed by atoms with Gasteiger partial charge >= 0.3 is 11.9 Å². The molecule has 11 atom stereocenters. The number of aliphatic hydroxyl groups excluding tert-OH is 1. The smallest absolute Gasteiger partial charge is 0.336 e. The number of fused-ring (bicyclic) bond motifs is 4. The molecule has 0 unspecified atom stereocenters. The molecule has 4 aliphatic carbocycles. The van der Waals surface area contributed by atoms with Crippen molar-refractivity contribution >= 4 is 17.7 Å². The molecule has 2 heterocycles. The fourth-order valence-electron chi connectivity index (χ4n) is 9.97. The SMILES string of the molecule is CC(=O)O[C@H]1C=CC(=O)[C@]2(C)[C@H]3CC[C@]4(C)[C@@H]([C@H](C)[C@H]5CC(C)=C(CO)C(=O)O5)CC[C@H]4[C@@H]3C[C@H]3O[C@]132. The number of carbonyl (C=O) groups excluding carboxylic acids is 3. The molecule has 6 rings (SSSR count). The molecule has 7 heteroatoms. The molecule has 0 radical (unpaired) electrons. The largest absolute Gasteiger partial charge is 0.458 e. The minimum absolute atomic E-state index is 0.0696. The Morgan fingerprint density at radius 1 is 1.22 bits per heavy atom. The van der Waals surface area contributed by atoms with E-state index < -0.39 is 17.1 Å². The van der Waals surface area contributed by atoms with Crippen molar-refractivity contribution in [3.8, 4) is 0 Å². The molecule has 0 amide bonds. The fourth-order valence-corrected chi connectivity index (χ4v) is 9.97. The molecule has 1 spiro atoms. The van der Waals surface area contributed by atoms with Crippen molar-refractivity contribution in [2.24, 2.45) is 40.4 Å². The molecular weight excluding hydrogens is 472 g/mol. The third-order valence-electron chi connectivity index (χ3n) is 11.9. The summed E-state index contributed by atoms with van der Waals surface area (Å²) in [6, 6.07) is 0. The van der Waals surface area contributed by atoms with Crippen LogP contribution in [0.5, 0.6) is 0 Å². The highest BCUT2D eigenvalue weighted by Crippen LogP contribution is 2.73. The monoisotopic (exact) mass is 512 g/mol. The number of hydrogen-bond acceptors (Lipinski definition) is 7. The fraction of sp³-hybridized carbons (Fsp3) is 0.767. The van der Waals surface area contributed by atoms with E-state index in [2.05, 4.69) is 20.8 Å². The highest BCUT2D eigenvalue weighted by atomic mass is 16.7. The van der Waals surface area contributed by atoms with Crippen LogP contribution in [0.15, 0.2) is 23.3 Å². The van der Waals surface area contributed by atoms with Gasteiger partial charge in [-0.1, -0.05) is 19.4 Å². The zero-order valence-electron chi connectivity index (χ0n) is 22.6. The number of cyclic esters (lactones) is 1. The first-order valence-corrected chi connectivity index (χ1v) is 14.1. The summed E-state index contributed by atoms with van der Waals surface area (Å²) in [5.41, 5.74) is 0.0291. The number of esters is 2. The van der Waals surface area contributed by atoms with E-state index in [9.17, 15) is 19.5 Å². The minimum atomic E-state index is -0.727. The van der Waals surface area contributed by atoms with Crippen LogP contribution in [0.25, 0.3) is 0 Å². The maximum Gasteiger partial charge on any atom is 0.336 e. The number of aliphatic hydroxyl groups is 1. The summed E-state index contributed by atoms with van der Waals surface area (Å²) in [5, 5.41) is 9.56. The molecule has 0 aromatic carbocycles. The Morgan fingerprint density at radius 2 is 1.97 bits per heavy atom. The van der Waals surface area contributed by atoms with E-state index >= 15 is 0 Å². The van der Waals surface area contributed by atoms with Gasteiger partial charge < -0.3 is 19.3 Å². The molecule has 3 saturated carbocycles. The summed E-state index contributed by atoms with van der Waals surface area (Å²) in [4.78, 5) is 38.0. The van der Waals surface area contributed by atoms with Crippen LogP contribution < -0.4 is 0 Å². The highest BCUT2D eigenvalue weighted by Gasteiger charge is 2.81. The lowest BCUT2D eigenvalue weighted by atomic mass is 9.44. The number of hydrogen-bond donors (Lipinski definition) is 1. The van der Waals surface area contributed by atoms with Gasteiger partial charge in [0.25, 0.3) is 0 Å². The minimum Gasteiger partial charge on any atom is -0.458 e. The van der Waals surface area contributed by atoms with Crippen molar-refractivity contribution in [1.29, 1.82) is 0 Å². The van der Waals surface area contributed by atoms with Crippen molar-refractivity contribution < 1.29 is 33.7 Å². The third kappa shape index (κ3) is 3.22. The lowest BCUT2D eigenvalue weighted by Crippen LogP contribution is -2.64. The van der Waals surface area contributed by atoms with E-state index in [1.807, 2.05) is 6.92 Å². The Labute approximate surface area is 219 Å². The van der Waals surface area contributed by atoms with Gasteiger partial charge in [-0.25, -0.2) is 4.79 Å². The van der Waals surface area contributed by atoms with Gasteiger partial charge in [-0.3, -0.25) is 9.59 Å². The first kappa shape index (κ1) is 25.3. The normalized spacial score (nSPS) is 48.9. The molecule has 0 bridgehead atoms. The van der Waals surface area contributed by atoms with Crippen molar-refractivity contribution in [3.63, 3.8) is 0 Å². The van der Waals surface area contributed by atoms with Crippen molar-refractivity contribution in [2.75, 3.05) is 6.61 Å². The molecule has 4 fully saturated rings. The number of carbonyl (C=O) groups is 3. The number of epoxide rings is 1. The topological polar surface area (TPSA) is 102 Å². The summed E-state index contributed by atoms with van der Waals surface area (Å²) in [5.74, 6) is 1.08. The van der Waals surface area contributed by atoms with Gasteiger partial charge in [-0.05, 0) is 93.1 Å². The summed E-state index contributed by atoms with van der Waals surface area (Å²) < 4.78 is 18.0. The molecular formula is C30H40O7. The number of rotatable bonds is 4. The zero-order valence-corrected chi connectivity index (χ0v) is 22.6. The predicted octanol–water partition coefficient (Wildman–Crippen LogP) is 3.92. The van der Waals surface area contributed by atoms with Crippen LogP contribution in [0.4, 0.5) is 0 Å². The van der Waals surface area contributed by atoms with Crippen LogP contribution in [-0.2, 0) is 28.6 Å². The lowest BCUT2D eigenvalue weighted by Gasteiger charge is -2.58. The summed E-state index contributed by atoms with van der Waals surface area (Å²) in [6.45, 7) is 9.80. The lowest BCUT2D eigenvalue weighted by molar-refractivity contribution is -0.166. The molecule has 2 aliphatic heterocycles. The second kappa shape index (κ2) is 8.25. The van der Waals surface area contributed by atoms with Crippen LogP contribution in [0.2, 0.25) is 0 Å². The van der Waals surface area contributed by atoms with Crippen molar-refractivity contribution in [1.82, 2.24) is 0 Å². The Bertz CT molecular complexity index is 1110. The van der Waals surface area contributed by atoms with E-state index in [1.165, 1.54) is 6.92 Å². The average Bonchev–Trinajstić information content (AvgIpc) is 3.46. The van der Waals surface area contributed by atoms with Gasteiger partial charge in [0.2, 0.25) is 0 Å². The Kier molecular flexibility index (Phi) is 5.64. The summed E-state index contributed by atoms with van der Waals surface area (Å²) >= 11 is 0. The van der Waals surface area contributed by atoms with E-state index in [0.717, 1.165) is 37.7 Å². The Hall–Kier alpha value is -1.99. The number of ether oxygens (including phenoxy) is 3.